The minimum absolute atomic E-state index is 0.241. The van der Waals surface area contributed by atoms with E-state index in [1.54, 1.807) is 6.07 Å². The van der Waals surface area contributed by atoms with Crippen LogP contribution >= 0.6 is 0 Å². The van der Waals surface area contributed by atoms with Crippen LogP contribution in [0.1, 0.15) is 12.6 Å². The average Bonchev–Trinajstić information content (AvgIpc) is 2.97. The number of benzene rings is 1. The Hall–Kier alpha value is -1.72. The summed E-state index contributed by atoms with van der Waals surface area (Å²) in [5, 5.41) is 0.912. The molecule has 4 nitrogen and oxygen atoms in total. The summed E-state index contributed by atoms with van der Waals surface area (Å²) in [4.78, 5) is 9.36. The van der Waals surface area contributed by atoms with Crippen molar-refractivity contribution in [3.05, 3.63) is 35.8 Å². The summed E-state index contributed by atoms with van der Waals surface area (Å²) in [7, 11) is 0. The molecule has 0 N–H and O–H groups in total. The summed E-state index contributed by atoms with van der Waals surface area (Å²) in [6.07, 6.45) is 0. The summed E-state index contributed by atoms with van der Waals surface area (Å²) in [6, 6.07) is 7.87. The topological polar surface area (TPSA) is 28.6 Å². The van der Waals surface area contributed by atoms with Gasteiger partial charge in [0.05, 0.1) is 13.2 Å². The van der Waals surface area contributed by atoms with E-state index in [0.29, 0.717) is 17.5 Å². The second kappa shape index (κ2) is 6.30. The van der Waals surface area contributed by atoms with Crippen LogP contribution in [0.2, 0.25) is 0 Å². The molecule has 0 amide bonds. The number of nitrogens with zero attached hydrogens (tertiary/aromatic N) is 3. The predicted octanol–water partition coefficient (Wildman–Crippen LogP) is 2.84. The molecular weight excluding hydrogens is 305 g/mol. The molecule has 2 aromatic rings. The lowest BCUT2D eigenvalue weighted by atomic mass is 10.0. The maximum Gasteiger partial charge on any atom is 0.149 e. The molecule has 3 heterocycles. The highest BCUT2D eigenvalue weighted by atomic mass is 19.1. The van der Waals surface area contributed by atoms with E-state index in [1.165, 1.54) is 6.07 Å². The van der Waals surface area contributed by atoms with Gasteiger partial charge in [0.1, 0.15) is 11.3 Å². The molecule has 2 aliphatic heterocycles. The number of hydrogen-bond donors (Lipinski definition) is 0. The second-order valence-corrected chi connectivity index (χ2v) is 7.02. The highest BCUT2D eigenvalue weighted by molar-refractivity contribution is 5.92. The number of anilines is 1. The number of aromatic nitrogens is 1. The molecule has 2 aliphatic rings. The van der Waals surface area contributed by atoms with E-state index in [9.17, 15) is 4.39 Å². The van der Waals surface area contributed by atoms with Gasteiger partial charge in [-0.1, -0.05) is 19.1 Å². The smallest absolute Gasteiger partial charge is 0.149 e. The van der Waals surface area contributed by atoms with Gasteiger partial charge in [-0.05, 0) is 25.0 Å². The Bertz CT molecular complexity index is 745. The Balaban J connectivity index is 1.67. The van der Waals surface area contributed by atoms with Gasteiger partial charge in [-0.15, -0.1) is 0 Å². The third-order valence-corrected chi connectivity index (χ3v) is 5.32. The lowest BCUT2D eigenvalue weighted by molar-refractivity contribution is 0.0134. The number of hydrogen-bond acceptors (Lipinski definition) is 4. The van der Waals surface area contributed by atoms with Gasteiger partial charge in [0.25, 0.3) is 0 Å². The summed E-state index contributed by atoms with van der Waals surface area (Å²) < 4.78 is 19.7. The SMILES string of the molecule is Cc1cc(N2CC(C)C(N3CCOCC3)C2)c2cccc(F)c2n1. The van der Waals surface area contributed by atoms with Crippen molar-refractivity contribution in [1.82, 2.24) is 9.88 Å². The predicted molar refractivity (Wildman–Crippen MR) is 94.0 cm³/mol. The highest BCUT2D eigenvalue weighted by Gasteiger charge is 2.35. The van der Waals surface area contributed by atoms with E-state index < -0.39 is 0 Å². The highest BCUT2D eigenvalue weighted by Crippen LogP contribution is 2.33. The van der Waals surface area contributed by atoms with Crippen LogP contribution in [-0.2, 0) is 4.74 Å². The zero-order valence-electron chi connectivity index (χ0n) is 14.3. The molecule has 0 aliphatic carbocycles. The Morgan fingerprint density at radius 2 is 2.00 bits per heavy atom. The van der Waals surface area contributed by atoms with Crippen molar-refractivity contribution in [2.45, 2.75) is 19.9 Å². The van der Waals surface area contributed by atoms with Crippen molar-refractivity contribution in [3.63, 3.8) is 0 Å². The average molecular weight is 329 g/mol. The minimum Gasteiger partial charge on any atom is -0.379 e. The first-order valence-corrected chi connectivity index (χ1v) is 8.76. The van der Waals surface area contributed by atoms with Gasteiger partial charge < -0.3 is 9.64 Å². The first-order valence-electron chi connectivity index (χ1n) is 8.76. The molecule has 2 unspecified atom stereocenters. The molecule has 2 atom stereocenters. The Kier molecular flexibility index (Phi) is 4.14. The zero-order valence-corrected chi connectivity index (χ0v) is 14.3. The fraction of sp³-hybridized carbons (Fsp3) is 0.526. The first kappa shape index (κ1) is 15.8. The van der Waals surface area contributed by atoms with Crippen LogP contribution in [0.15, 0.2) is 24.3 Å². The van der Waals surface area contributed by atoms with E-state index in [-0.39, 0.29) is 5.82 Å². The van der Waals surface area contributed by atoms with E-state index >= 15 is 0 Å². The van der Waals surface area contributed by atoms with Crippen LogP contribution in [0.25, 0.3) is 10.9 Å². The van der Waals surface area contributed by atoms with Gasteiger partial charge in [0.2, 0.25) is 0 Å². The van der Waals surface area contributed by atoms with Crippen molar-refractivity contribution in [1.29, 1.82) is 0 Å². The Morgan fingerprint density at radius 1 is 1.21 bits per heavy atom. The van der Waals surface area contributed by atoms with Gasteiger partial charge in [-0.2, -0.15) is 0 Å². The molecule has 0 radical (unpaired) electrons. The molecule has 2 fully saturated rings. The summed E-state index contributed by atoms with van der Waals surface area (Å²) in [5.41, 5.74) is 2.46. The summed E-state index contributed by atoms with van der Waals surface area (Å²) >= 11 is 0. The van der Waals surface area contributed by atoms with E-state index in [1.807, 2.05) is 13.0 Å². The molecule has 128 valence electrons. The first-order chi connectivity index (χ1) is 11.6. The van der Waals surface area contributed by atoms with Crippen LogP contribution in [-0.4, -0.2) is 55.3 Å². The van der Waals surface area contributed by atoms with Crippen LogP contribution in [0.5, 0.6) is 0 Å². The normalized spacial score (nSPS) is 25.5. The van der Waals surface area contributed by atoms with E-state index in [2.05, 4.69) is 27.8 Å². The number of morpholine rings is 1. The maximum absolute atomic E-state index is 14.2. The van der Waals surface area contributed by atoms with Crippen LogP contribution in [0, 0.1) is 18.7 Å². The Labute approximate surface area is 142 Å². The molecule has 0 saturated carbocycles. The number of aryl methyl sites for hydroxylation is 1. The number of para-hydroxylation sites is 1. The number of rotatable bonds is 2. The van der Waals surface area contributed by atoms with Crippen LogP contribution in [0.3, 0.4) is 0 Å². The molecule has 1 aromatic carbocycles. The number of ether oxygens (including phenoxy) is 1. The lowest BCUT2D eigenvalue weighted by Crippen LogP contribution is -2.46. The minimum atomic E-state index is -0.241. The monoisotopic (exact) mass is 329 g/mol. The summed E-state index contributed by atoms with van der Waals surface area (Å²) in [5.74, 6) is 0.342. The van der Waals surface area contributed by atoms with Crippen molar-refractivity contribution in [2.24, 2.45) is 5.92 Å². The molecule has 4 rings (SSSR count). The number of halogens is 1. The summed E-state index contributed by atoms with van der Waals surface area (Å²) in [6.45, 7) is 9.90. The van der Waals surface area contributed by atoms with Crippen molar-refractivity contribution in [2.75, 3.05) is 44.3 Å². The molecule has 1 aromatic heterocycles. The van der Waals surface area contributed by atoms with Crippen molar-refractivity contribution < 1.29 is 9.13 Å². The van der Waals surface area contributed by atoms with Gasteiger partial charge in [-0.3, -0.25) is 4.90 Å². The fourth-order valence-electron chi connectivity index (χ4n) is 4.11. The third kappa shape index (κ3) is 2.76. The van der Waals surface area contributed by atoms with Gasteiger partial charge >= 0.3 is 0 Å². The molecule has 24 heavy (non-hydrogen) atoms. The number of pyridine rings is 1. The maximum atomic E-state index is 14.2. The fourth-order valence-corrected chi connectivity index (χ4v) is 4.11. The molecule has 5 heteroatoms. The molecule has 0 spiro atoms. The van der Waals surface area contributed by atoms with E-state index in [0.717, 1.165) is 56.2 Å². The van der Waals surface area contributed by atoms with Gasteiger partial charge in [0.15, 0.2) is 0 Å². The quantitative estimate of drug-likeness (QED) is 0.847. The van der Waals surface area contributed by atoms with Gasteiger partial charge in [-0.25, -0.2) is 9.37 Å². The van der Waals surface area contributed by atoms with Crippen molar-refractivity contribution >= 4 is 16.6 Å². The second-order valence-electron chi connectivity index (χ2n) is 7.02. The molecular formula is C19H24FN3O. The lowest BCUT2D eigenvalue weighted by Gasteiger charge is -2.34. The molecule has 2 saturated heterocycles. The number of fused-ring (bicyclic) bond motifs is 1. The standard InChI is InChI=1S/C19H24FN3O/c1-13-11-23(12-18(13)22-6-8-24-9-7-22)17-10-14(2)21-19-15(17)4-3-5-16(19)20/h3-5,10,13,18H,6-9,11-12H2,1-2H3. The Morgan fingerprint density at radius 3 is 2.79 bits per heavy atom. The van der Waals surface area contributed by atoms with E-state index in [4.69, 9.17) is 4.74 Å². The van der Waals surface area contributed by atoms with Crippen LogP contribution in [0.4, 0.5) is 10.1 Å². The zero-order chi connectivity index (χ0) is 16.7. The molecule has 0 bridgehead atoms. The third-order valence-electron chi connectivity index (χ3n) is 5.32. The van der Waals surface area contributed by atoms with Crippen LogP contribution < -0.4 is 4.90 Å². The largest absolute Gasteiger partial charge is 0.379 e. The van der Waals surface area contributed by atoms with Crippen molar-refractivity contribution in [3.8, 4) is 0 Å². The van der Waals surface area contributed by atoms with Gasteiger partial charge in [0, 0.05) is 49.0 Å².